The van der Waals surface area contributed by atoms with E-state index in [0.29, 0.717) is 6.04 Å². The molecule has 1 aliphatic rings. The van der Waals surface area contributed by atoms with Crippen molar-refractivity contribution in [1.29, 1.82) is 0 Å². The molecular formula is C17H27NO. The fourth-order valence-corrected chi connectivity index (χ4v) is 2.99. The smallest absolute Gasteiger partial charge is 0.119 e. The Morgan fingerprint density at radius 1 is 1.16 bits per heavy atom. The monoisotopic (exact) mass is 261 g/mol. The second kappa shape index (κ2) is 6.95. The van der Waals surface area contributed by atoms with Crippen LogP contribution < -0.4 is 10.1 Å². The molecule has 1 saturated carbocycles. The first-order chi connectivity index (χ1) is 9.20. The molecular weight excluding hydrogens is 234 g/mol. The molecule has 0 amide bonds. The molecule has 0 radical (unpaired) electrons. The molecule has 19 heavy (non-hydrogen) atoms. The molecule has 1 N–H and O–H groups in total. The lowest BCUT2D eigenvalue weighted by Gasteiger charge is -2.34. The molecule has 2 nitrogen and oxygen atoms in total. The number of nitrogens with one attached hydrogen (secondary N) is 1. The van der Waals surface area contributed by atoms with Crippen molar-refractivity contribution in [1.82, 2.24) is 5.32 Å². The molecule has 3 atom stereocenters. The summed E-state index contributed by atoms with van der Waals surface area (Å²) in [5.41, 5.74) is 1.34. The fraction of sp³-hybridized carbons (Fsp3) is 0.647. The lowest BCUT2D eigenvalue weighted by molar-refractivity contribution is 0.206. The summed E-state index contributed by atoms with van der Waals surface area (Å²) < 4.78 is 5.47. The van der Waals surface area contributed by atoms with Crippen molar-refractivity contribution in [3.05, 3.63) is 29.8 Å². The Labute approximate surface area is 117 Å². The van der Waals surface area contributed by atoms with Gasteiger partial charge in [-0.3, -0.25) is 0 Å². The van der Waals surface area contributed by atoms with E-state index in [4.69, 9.17) is 4.74 Å². The normalized spacial score (nSPS) is 27.2. The summed E-state index contributed by atoms with van der Waals surface area (Å²) in [4.78, 5) is 0. The van der Waals surface area contributed by atoms with Crippen LogP contribution in [0.4, 0.5) is 0 Å². The first kappa shape index (κ1) is 14.4. The van der Waals surface area contributed by atoms with Crippen LogP contribution in [-0.2, 0) is 6.54 Å². The highest BCUT2D eigenvalue weighted by Gasteiger charge is 2.26. The van der Waals surface area contributed by atoms with Gasteiger partial charge in [0.1, 0.15) is 5.75 Å². The summed E-state index contributed by atoms with van der Waals surface area (Å²) in [5, 5.41) is 3.73. The highest BCUT2D eigenvalue weighted by atomic mass is 16.5. The molecule has 0 saturated heterocycles. The van der Waals surface area contributed by atoms with E-state index in [1.807, 2.05) is 6.92 Å². The first-order valence-electron chi connectivity index (χ1n) is 7.65. The van der Waals surface area contributed by atoms with Gasteiger partial charge in [-0.05, 0) is 42.9 Å². The molecule has 0 aromatic heterocycles. The van der Waals surface area contributed by atoms with Crippen LogP contribution in [0.15, 0.2) is 24.3 Å². The van der Waals surface area contributed by atoms with Gasteiger partial charge in [0.05, 0.1) is 6.61 Å². The number of ether oxygens (including phenoxy) is 1. The Morgan fingerprint density at radius 2 is 1.89 bits per heavy atom. The van der Waals surface area contributed by atoms with E-state index >= 15 is 0 Å². The van der Waals surface area contributed by atoms with Crippen LogP contribution in [0.5, 0.6) is 5.75 Å². The number of rotatable bonds is 5. The minimum absolute atomic E-state index is 0.676. The van der Waals surface area contributed by atoms with E-state index in [2.05, 4.69) is 43.4 Å². The van der Waals surface area contributed by atoms with Crippen LogP contribution >= 0.6 is 0 Å². The first-order valence-corrected chi connectivity index (χ1v) is 7.65. The minimum atomic E-state index is 0.676. The predicted molar refractivity (Wildman–Crippen MR) is 80.4 cm³/mol. The SMILES string of the molecule is CCOc1ccc(CN[C@@H]2CCC[C@@H](C)[C@@H]2C)cc1. The van der Waals surface area contributed by atoms with E-state index in [1.54, 1.807) is 0 Å². The van der Waals surface area contributed by atoms with Crippen molar-refractivity contribution in [3.8, 4) is 5.75 Å². The summed E-state index contributed by atoms with van der Waals surface area (Å²) >= 11 is 0. The molecule has 0 bridgehead atoms. The van der Waals surface area contributed by atoms with Gasteiger partial charge in [0, 0.05) is 12.6 Å². The average Bonchev–Trinajstić information content (AvgIpc) is 2.42. The zero-order chi connectivity index (χ0) is 13.7. The predicted octanol–water partition coefficient (Wildman–Crippen LogP) is 4.00. The maximum Gasteiger partial charge on any atom is 0.119 e. The molecule has 0 spiro atoms. The molecule has 2 heteroatoms. The summed E-state index contributed by atoms with van der Waals surface area (Å²) in [7, 11) is 0. The standard InChI is InChI=1S/C17H27NO/c1-4-19-16-10-8-15(9-11-16)12-18-17-7-5-6-13(2)14(17)3/h8-11,13-14,17-18H,4-7,12H2,1-3H3/t13-,14+,17-/m1/s1. The third kappa shape index (κ3) is 3.97. The number of hydrogen-bond donors (Lipinski definition) is 1. The second-order valence-corrected chi connectivity index (χ2v) is 5.83. The molecule has 106 valence electrons. The van der Waals surface area contributed by atoms with Crippen LogP contribution in [0.3, 0.4) is 0 Å². The Morgan fingerprint density at radius 3 is 2.58 bits per heavy atom. The Hall–Kier alpha value is -1.02. The van der Waals surface area contributed by atoms with Gasteiger partial charge < -0.3 is 10.1 Å². The van der Waals surface area contributed by atoms with Crippen molar-refractivity contribution < 1.29 is 4.74 Å². The Balaban J connectivity index is 1.84. The average molecular weight is 261 g/mol. The maximum atomic E-state index is 5.47. The van der Waals surface area contributed by atoms with Gasteiger partial charge in [-0.15, -0.1) is 0 Å². The van der Waals surface area contributed by atoms with Gasteiger partial charge in [-0.25, -0.2) is 0 Å². The highest BCUT2D eigenvalue weighted by Crippen LogP contribution is 2.29. The zero-order valence-electron chi connectivity index (χ0n) is 12.5. The van der Waals surface area contributed by atoms with Crippen molar-refractivity contribution >= 4 is 0 Å². The zero-order valence-corrected chi connectivity index (χ0v) is 12.5. The van der Waals surface area contributed by atoms with E-state index in [1.165, 1.54) is 24.8 Å². The second-order valence-electron chi connectivity index (χ2n) is 5.83. The van der Waals surface area contributed by atoms with Gasteiger partial charge in [-0.1, -0.05) is 38.8 Å². The van der Waals surface area contributed by atoms with Crippen molar-refractivity contribution in [2.75, 3.05) is 6.61 Å². The number of benzene rings is 1. The topological polar surface area (TPSA) is 21.3 Å². The van der Waals surface area contributed by atoms with Gasteiger partial charge in [0.25, 0.3) is 0 Å². The highest BCUT2D eigenvalue weighted by molar-refractivity contribution is 5.27. The summed E-state index contributed by atoms with van der Waals surface area (Å²) in [6.45, 7) is 8.49. The Kier molecular flexibility index (Phi) is 5.26. The minimum Gasteiger partial charge on any atom is -0.494 e. The van der Waals surface area contributed by atoms with E-state index in [0.717, 1.165) is 30.7 Å². The molecule has 1 aromatic rings. The lowest BCUT2D eigenvalue weighted by atomic mass is 9.78. The van der Waals surface area contributed by atoms with Gasteiger partial charge >= 0.3 is 0 Å². The van der Waals surface area contributed by atoms with Crippen LogP contribution in [0.25, 0.3) is 0 Å². The van der Waals surface area contributed by atoms with Gasteiger partial charge in [0.2, 0.25) is 0 Å². The summed E-state index contributed by atoms with van der Waals surface area (Å²) in [5.74, 6) is 2.61. The van der Waals surface area contributed by atoms with Crippen LogP contribution in [-0.4, -0.2) is 12.6 Å². The summed E-state index contributed by atoms with van der Waals surface area (Å²) in [6.07, 6.45) is 4.08. The van der Waals surface area contributed by atoms with Crippen LogP contribution in [0.1, 0.15) is 45.6 Å². The molecule has 0 heterocycles. The van der Waals surface area contributed by atoms with E-state index in [-0.39, 0.29) is 0 Å². The molecule has 1 aromatic carbocycles. The van der Waals surface area contributed by atoms with Crippen molar-refractivity contribution in [3.63, 3.8) is 0 Å². The Bertz CT molecular complexity index is 373. The third-order valence-corrected chi connectivity index (χ3v) is 4.51. The molecule has 2 rings (SSSR count). The lowest BCUT2D eigenvalue weighted by Crippen LogP contribution is -2.40. The maximum absolute atomic E-state index is 5.47. The van der Waals surface area contributed by atoms with Crippen LogP contribution in [0, 0.1) is 11.8 Å². The number of hydrogen-bond acceptors (Lipinski definition) is 2. The third-order valence-electron chi connectivity index (χ3n) is 4.51. The van der Waals surface area contributed by atoms with E-state index in [9.17, 15) is 0 Å². The van der Waals surface area contributed by atoms with E-state index < -0.39 is 0 Å². The van der Waals surface area contributed by atoms with Crippen molar-refractivity contribution in [2.45, 2.75) is 52.6 Å². The quantitative estimate of drug-likeness (QED) is 0.865. The molecule has 0 unspecified atom stereocenters. The molecule has 1 aliphatic carbocycles. The van der Waals surface area contributed by atoms with Crippen molar-refractivity contribution in [2.24, 2.45) is 11.8 Å². The van der Waals surface area contributed by atoms with Gasteiger partial charge in [-0.2, -0.15) is 0 Å². The molecule has 1 fully saturated rings. The fourth-order valence-electron chi connectivity index (χ4n) is 2.99. The largest absolute Gasteiger partial charge is 0.494 e. The van der Waals surface area contributed by atoms with Crippen LogP contribution in [0.2, 0.25) is 0 Å². The van der Waals surface area contributed by atoms with Gasteiger partial charge in [0.15, 0.2) is 0 Å². The summed E-state index contributed by atoms with van der Waals surface area (Å²) in [6, 6.07) is 9.13. The molecule has 0 aliphatic heterocycles.